The fraction of sp³-hybridized carbons (Fsp3) is 0.550. The van der Waals surface area contributed by atoms with Crippen molar-refractivity contribution in [2.24, 2.45) is 0 Å². The van der Waals surface area contributed by atoms with Crippen LogP contribution in [0.4, 0.5) is 10.7 Å². The minimum atomic E-state index is -0.496. The predicted octanol–water partition coefficient (Wildman–Crippen LogP) is 4.02. The molecule has 30 heavy (non-hydrogen) atoms. The van der Waals surface area contributed by atoms with Crippen LogP contribution in [0.1, 0.15) is 66.0 Å². The number of fused-ring (bicyclic) bond motifs is 1. The normalized spacial score (nSPS) is 14.1. The molecule has 0 saturated carbocycles. The highest BCUT2D eigenvalue weighted by Gasteiger charge is 2.28. The Bertz CT molecular complexity index is 965. The summed E-state index contributed by atoms with van der Waals surface area (Å²) < 4.78 is 6.98. The van der Waals surface area contributed by atoms with E-state index in [0.717, 1.165) is 42.5 Å². The molecular formula is C20H26N4O5S. The first-order valence-electron chi connectivity index (χ1n) is 10.1. The molecule has 0 aromatic carbocycles. The van der Waals surface area contributed by atoms with Gasteiger partial charge in [0.25, 0.3) is 0 Å². The van der Waals surface area contributed by atoms with E-state index in [0.29, 0.717) is 16.3 Å². The van der Waals surface area contributed by atoms with Gasteiger partial charge in [0.2, 0.25) is 5.91 Å². The predicted molar refractivity (Wildman–Crippen MR) is 113 cm³/mol. The minimum Gasteiger partial charge on any atom is -0.459 e. The van der Waals surface area contributed by atoms with Gasteiger partial charge in [0.1, 0.15) is 16.9 Å². The molecule has 1 atom stereocenters. The molecule has 10 heteroatoms. The third-order valence-corrected chi connectivity index (χ3v) is 6.54. The van der Waals surface area contributed by atoms with E-state index in [1.54, 1.807) is 6.92 Å². The van der Waals surface area contributed by atoms with Crippen LogP contribution in [0.3, 0.4) is 0 Å². The van der Waals surface area contributed by atoms with Crippen molar-refractivity contribution < 1.29 is 19.2 Å². The van der Waals surface area contributed by atoms with Gasteiger partial charge in [0, 0.05) is 11.3 Å². The average molecular weight is 435 g/mol. The van der Waals surface area contributed by atoms with E-state index < -0.39 is 10.9 Å². The average Bonchev–Trinajstić information content (AvgIpc) is 3.26. The molecule has 0 bridgehead atoms. The number of nitrogens with one attached hydrogen (secondary N) is 1. The molecule has 1 aliphatic carbocycles. The molecule has 0 aliphatic heterocycles. The van der Waals surface area contributed by atoms with Gasteiger partial charge in [-0.15, -0.1) is 11.3 Å². The molecule has 1 amide bonds. The second-order valence-corrected chi connectivity index (χ2v) is 8.54. The van der Waals surface area contributed by atoms with Gasteiger partial charge in [-0.05, 0) is 51.5 Å². The van der Waals surface area contributed by atoms with Crippen LogP contribution in [0.15, 0.2) is 6.20 Å². The molecule has 2 aromatic rings. The number of amides is 1. The molecule has 1 N–H and O–H groups in total. The van der Waals surface area contributed by atoms with Gasteiger partial charge < -0.3 is 10.1 Å². The van der Waals surface area contributed by atoms with Gasteiger partial charge in [-0.2, -0.15) is 5.10 Å². The maximum atomic E-state index is 12.8. The number of aryl methyl sites for hydroxylation is 2. The topological polar surface area (TPSA) is 116 Å². The largest absolute Gasteiger partial charge is 0.459 e. The number of carbonyl (C=O) groups is 2. The molecule has 9 nitrogen and oxygen atoms in total. The lowest BCUT2D eigenvalue weighted by Gasteiger charge is -2.15. The van der Waals surface area contributed by atoms with Gasteiger partial charge in [-0.3, -0.25) is 19.6 Å². The number of thiophene rings is 1. The Labute approximate surface area is 178 Å². The summed E-state index contributed by atoms with van der Waals surface area (Å²) in [5.74, 6) is -0.665. The van der Waals surface area contributed by atoms with Crippen LogP contribution in [0.25, 0.3) is 0 Å². The van der Waals surface area contributed by atoms with E-state index in [-0.39, 0.29) is 30.7 Å². The summed E-state index contributed by atoms with van der Waals surface area (Å²) in [6.07, 6.45) is 5.58. The van der Waals surface area contributed by atoms with Gasteiger partial charge >= 0.3 is 11.7 Å². The fourth-order valence-corrected chi connectivity index (χ4v) is 4.73. The summed E-state index contributed by atoms with van der Waals surface area (Å²) in [5, 5.41) is 18.3. The van der Waals surface area contributed by atoms with Gasteiger partial charge in [0.05, 0.1) is 23.1 Å². The fourth-order valence-electron chi connectivity index (χ4n) is 3.43. The summed E-state index contributed by atoms with van der Waals surface area (Å²) >= 11 is 1.44. The van der Waals surface area contributed by atoms with E-state index in [4.69, 9.17) is 4.74 Å². The highest BCUT2D eigenvalue weighted by molar-refractivity contribution is 7.17. The lowest BCUT2D eigenvalue weighted by Crippen LogP contribution is -2.19. The van der Waals surface area contributed by atoms with E-state index >= 15 is 0 Å². The van der Waals surface area contributed by atoms with Crippen molar-refractivity contribution in [3.63, 3.8) is 0 Å². The van der Waals surface area contributed by atoms with Crippen molar-refractivity contribution in [2.45, 2.75) is 71.9 Å². The third kappa shape index (κ3) is 4.69. The summed E-state index contributed by atoms with van der Waals surface area (Å²) in [5.41, 5.74) is 1.80. The van der Waals surface area contributed by atoms with Crippen LogP contribution in [-0.4, -0.2) is 32.7 Å². The Morgan fingerprint density at radius 3 is 2.80 bits per heavy atom. The van der Waals surface area contributed by atoms with Gasteiger partial charge in [-0.1, -0.05) is 6.92 Å². The number of hydrogen-bond donors (Lipinski definition) is 1. The summed E-state index contributed by atoms with van der Waals surface area (Å²) in [6, 6.07) is 0. The standard InChI is InChI=1S/C20H26N4O5S/c1-4-12(2)29-20(26)18-14-7-5-6-8-16(14)30-19(18)22-17(25)9-10-23-13(3)15(11-21-23)24(27)28/h11-12H,4-10H2,1-3H3,(H,22,25). The Morgan fingerprint density at radius 1 is 1.40 bits per heavy atom. The Balaban J connectivity index is 1.74. The maximum Gasteiger partial charge on any atom is 0.341 e. The van der Waals surface area contributed by atoms with Crippen molar-refractivity contribution >= 4 is 33.9 Å². The summed E-state index contributed by atoms with van der Waals surface area (Å²) in [7, 11) is 0. The van der Waals surface area contributed by atoms with Gasteiger partial charge in [-0.25, -0.2) is 4.79 Å². The lowest BCUT2D eigenvalue weighted by atomic mass is 9.95. The smallest absolute Gasteiger partial charge is 0.341 e. The zero-order valence-electron chi connectivity index (χ0n) is 17.4. The monoisotopic (exact) mass is 434 g/mol. The van der Waals surface area contributed by atoms with E-state index in [1.165, 1.54) is 22.2 Å². The quantitative estimate of drug-likeness (QED) is 0.381. The molecule has 1 unspecified atom stereocenters. The molecule has 0 fully saturated rings. The van der Waals surface area contributed by atoms with Crippen LogP contribution in [-0.2, 0) is 28.9 Å². The molecule has 3 rings (SSSR count). The van der Waals surface area contributed by atoms with Crippen LogP contribution >= 0.6 is 11.3 Å². The van der Waals surface area contributed by atoms with Crippen LogP contribution in [0, 0.1) is 17.0 Å². The maximum absolute atomic E-state index is 12.8. The molecular weight excluding hydrogens is 408 g/mol. The number of anilines is 1. The Morgan fingerprint density at radius 2 is 2.13 bits per heavy atom. The molecule has 0 spiro atoms. The van der Waals surface area contributed by atoms with E-state index in [1.807, 2.05) is 13.8 Å². The van der Waals surface area contributed by atoms with Crippen molar-refractivity contribution in [1.29, 1.82) is 0 Å². The number of ether oxygens (including phenoxy) is 1. The zero-order chi connectivity index (χ0) is 21.8. The highest BCUT2D eigenvalue weighted by atomic mass is 32.1. The number of carbonyl (C=O) groups excluding carboxylic acids is 2. The van der Waals surface area contributed by atoms with Crippen LogP contribution in [0.5, 0.6) is 0 Å². The molecule has 2 aromatic heterocycles. The first-order valence-corrected chi connectivity index (χ1v) is 11.0. The van der Waals surface area contributed by atoms with Crippen molar-refractivity contribution in [1.82, 2.24) is 9.78 Å². The number of esters is 1. The van der Waals surface area contributed by atoms with E-state index in [2.05, 4.69) is 10.4 Å². The Kier molecular flexibility index (Phi) is 6.86. The number of rotatable bonds is 8. The molecule has 0 radical (unpaired) electrons. The number of hydrogen-bond acceptors (Lipinski definition) is 7. The number of aromatic nitrogens is 2. The summed E-state index contributed by atoms with van der Waals surface area (Å²) in [4.78, 5) is 36.9. The van der Waals surface area contributed by atoms with Crippen LogP contribution in [0.2, 0.25) is 0 Å². The van der Waals surface area contributed by atoms with E-state index in [9.17, 15) is 19.7 Å². The number of nitrogens with zero attached hydrogens (tertiary/aromatic N) is 3. The number of nitro groups is 1. The second kappa shape index (κ2) is 9.38. The Hall–Kier alpha value is -2.75. The lowest BCUT2D eigenvalue weighted by molar-refractivity contribution is -0.385. The molecule has 162 valence electrons. The third-order valence-electron chi connectivity index (χ3n) is 5.34. The van der Waals surface area contributed by atoms with Crippen molar-refractivity contribution in [3.8, 4) is 0 Å². The first kappa shape index (κ1) is 21.9. The molecule has 1 aliphatic rings. The molecule has 0 saturated heterocycles. The second-order valence-electron chi connectivity index (χ2n) is 7.43. The van der Waals surface area contributed by atoms with Crippen molar-refractivity contribution in [3.05, 3.63) is 38.0 Å². The minimum absolute atomic E-state index is 0.0728. The summed E-state index contributed by atoms with van der Waals surface area (Å²) in [6.45, 7) is 5.61. The van der Waals surface area contributed by atoms with Crippen molar-refractivity contribution in [2.75, 3.05) is 5.32 Å². The molecule has 2 heterocycles. The SMILES string of the molecule is CCC(C)OC(=O)c1c(NC(=O)CCn2ncc([N+](=O)[O-])c2C)sc2c1CCCC2. The highest BCUT2D eigenvalue weighted by Crippen LogP contribution is 2.39. The first-order chi connectivity index (χ1) is 14.3. The van der Waals surface area contributed by atoms with Crippen LogP contribution < -0.4 is 5.32 Å². The zero-order valence-corrected chi connectivity index (χ0v) is 18.2. The van der Waals surface area contributed by atoms with Gasteiger partial charge in [0.15, 0.2) is 0 Å².